The number of nitrogens with one attached hydrogen (secondary N) is 1. The second-order valence-electron chi connectivity index (χ2n) is 5.55. The van der Waals surface area contributed by atoms with Gasteiger partial charge in [-0.05, 0) is 33.1 Å². The van der Waals surface area contributed by atoms with Crippen LogP contribution in [0.2, 0.25) is 0 Å². The summed E-state index contributed by atoms with van der Waals surface area (Å²) in [5, 5.41) is 3.35. The maximum absolute atomic E-state index is 12.4. The molecule has 1 N–H and O–H groups in total. The number of sulfonamides is 1. The zero-order valence-electron chi connectivity index (χ0n) is 11.7. The first kappa shape index (κ1) is 17.2. The molecule has 5 nitrogen and oxygen atoms in total. The van der Waals surface area contributed by atoms with Gasteiger partial charge in [0.25, 0.3) is 0 Å². The van der Waals surface area contributed by atoms with Gasteiger partial charge in [-0.25, -0.2) is 8.42 Å². The molecular weight excluding hydrogens is 288 g/mol. The third-order valence-corrected chi connectivity index (χ3v) is 5.47. The zero-order chi connectivity index (χ0) is 13.2. The van der Waals surface area contributed by atoms with Crippen molar-refractivity contribution in [3.05, 3.63) is 0 Å². The van der Waals surface area contributed by atoms with Gasteiger partial charge in [0.2, 0.25) is 10.0 Å². The monoisotopic (exact) mass is 312 g/mol. The Hall–Kier alpha value is 0.120. The summed E-state index contributed by atoms with van der Waals surface area (Å²) in [4.78, 5) is 0. The van der Waals surface area contributed by atoms with Gasteiger partial charge in [0.15, 0.2) is 0 Å². The number of hydrogen-bond acceptors (Lipinski definition) is 4. The van der Waals surface area contributed by atoms with E-state index in [0.29, 0.717) is 19.7 Å². The molecule has 114 valence electrons. The maximum atomic E-state index is 12.4. The summed E-state index contributed by atoms with van der Waals surface area (Å²) in [5.74, 6) is 0.145. The molecule has 0 aromatic heterocycles. The third-order valence-electron chi connectivity index (χ3n) is 3.59. The van der Waals surface area contributed by atoms with E-state index in [1.54, 1.807) is 4.31 Å². The van der Waals surface area contributed by atoms with Crippen LogP contribution in [0.5, 0.6) is 0 Å². The normalized spacial score (nSPS) is 33.7. The van der Waals surface area contributed by atoms with Crippen LogP contribution in [0, 0.1) is 0 Å². The predicted octanol–water partition coefficient (Wildman–Crippen LogP) is 0.989. The number of piperazine rings is 1. The number of rotatable bonds is 3. The summed E-state index contributed by atoms with van der Waals surface area (Å²) < 4.78 is 31.9. The predicted molar refractivity (Wildman–Crippen MR) is 78.3 cm³/mol. The van der Waals surface area contributed by atoms with E-state index in [2.05, 4.69) is 5.32 Å². The minimum atomic E-state index is -3.18. The van der Waals surface area contributed by atoms with E-state index in [1.807, 2.05) is 13.8 Å². The quantitative estimate of drug-likeness (QED) is 0.844. The Balaban J connectivity index is 0.00000180. The minimum Gasteiger partial charge on any atom is -0.377 e. The Morgan fingerprint density at radius 2 is 1.84 bits per heavy atom. The molecule has 0 aromatic rings. The highest BCUT2D eigenvalue weighted by Crippen LogP contribution is 2.18. The molecule has 0 spiro atoms. The molecule has 7 heteroatoms. The first-order valence-electron chi connectivity index (χ1n) is 6.83. The van der Waals surface area contributed by atoms with Crippen LogP contribution in [0.25, 0.3) is 0 Å². The highest BCUT2D eigenvalue weighted by atomic mass is 35.5. The molecular formula is C12H25ClN2O3S. The van der Waals surface area contributed by atoms with E-state index >= 15 is 0 Å². The molecule has 3 unspecified atom stereocenters. The number of ether oxygens (including phenoxy) is 1. The molecule has 0 amide bonds. The van der Waals surface area contributed by atoms with Crippen molar-refractivity contribution < 1.29 is 13.2 Å². The lowest BCUT2D eigenvalue weighted by Crippen LogP contribution is -2.56. The van der Waals surface area contributed by atoms with E-state index in [-0.39, 0.29) is 36.3 Å². The van der Waals surface area contributed by atoms with Crippen molar-refractivity contribution in [2.45, 2.75) is 51.3 Å². The van der Waals surface area contributed by atoms with Crippen molar-refractivity contribution in [1.29, 1.82) is 0 Å². The summed E-state index contributed by atoms with van der Waals surface area (Å²) in [6.07, 6.45) is 2.90. The topological polar surface area (TPSA) is 58.6 Å². The molecule has 19 heavy (non-hydrogen) atoms. The molecule has 0 radical (unpaired) electrons. The van der Waals surface area contributed by atoms with Gasteiger partial charge in [0.05, 0.1) is 11.9 Å². The van der Waals surface area contributed by atoms with Gasteiger partial charge in [-0.2, -0.15) is 4.31 Å². The second-order valence-corrected chi connectivity index (χ2v) is 7.57. The van der Waals surface area contributed by atoms with E-state index in [9.17, 15) is 8.42 Å². The van der Waals surface area contributed by atoms with Crippen molar-refractivity contribution in [3.8, 4) is 0 Å². The van der Waals surface area contributed by atoms with Gasteiger partial charge in [-0.15, -0.1) is 12.4 Å². The van der Waals surface area contributed by atoms with Crippen LogP contribution in [0.15, 0.2) is 0 Å². The fourth-order valence-electron chi connectivity index (χ4n) is 2.78. The van der Waals surface area contributed by atoms with Crippen molar-refractivity contribution in [2.75, 3.05) is 25.4 Å². The Morgan fingerprint density at radius 3 is 2.37 bits per heavy atom. The molecule has 2 fully saturated rings. The Morgan fingerprint density at radius 1 is 1.21 bits per heavy atom. The standard InChI is InChI=1S/C12H24N2O3S.ClH/c1-10-7-14(8-11(2)13-10)18(15,16)9-12-5-3-4-6-17-12;/h10-13H,3-9H2,1-2H3;1H. The van der Waals surface area contributed by atoms with Gasteiger partial charge in [-0.3, -0.25) is 0 Å². The van der Waals surface area contributed by atoms with Gasteiger partial charge >= 0.3 is 0 Å². The Bertz CT molecular complexity index is 361. The third kappa shape index (κ3) is 4.86. The van der Waals surface area contributed by atoms with Crippen LogP contribution in [0.4, 0.5) is 0 Å². The lowest BCUT2D eigenvalue weighted by molar-refractivity contribution is 0.0297. The van der Waals surface area contributed by atoms with Crippen LogP contribution in [-0.2, 0) is 14.8 Å². The summed E-state index contributed by atoms with van der Waals surface area (Å²) in [7, 11) is -3.18. The summed E-state index contributed by atoms with van der Waals surface area (Å²) in [6, 6.07) is 0.437. The van der Waals surface area contributed by atoms with E-state index in [4.69, 9.17) is 4.74 Å². The van der Waals surface area contributed by atoms with Crippen molar-refractivity contribution in [2.24, 2.45) is 0 Å². The smallest absolute Gasteiger partial charge is 0.216 e. The lowest BCUT2D eigenvalue weighted by Gasteiger charge is -2.36. The van der Waals surface area contributed by atoms with Crippen LogP contribution >= 0.6 is 12.4 Å². The molecule has 2 aliphatic heterocycles. The molecule has 2 aliphatic rings. The van der Waals surface area contributed by atoms with Crippen LogP contribution in [0.1, 0.15) is 33.1 Å². The molecule has 0 aliphatic carbocycles. The summed E-state index contributed by atoms with van der Waals surface area (Å²) in [6.45, 7) is 5.89. The molecule has 0 bridgehead atoms. The fourth-order valence-corrected chi connectivity index (χ4v) is 4.63. The highest BCUT2D eigenvalue weighted by molar-refractivity contribution is 7.89. The largest absolute Gasteiger partial charge is 0.377 e. The van der Waals surface area contributed by atoms with Crippen molar-refractivity contribution >= 4 is 22.4 Å². The van der Waals surface area contributed by atoms with Crippen LogP contribution in [-0.4, -0.2) is 56.4 Å². The van der Waals surface area contributed by atoms with E-state index in [0.717, 1.165) is 19.3 Å². The number of nitrogens with zero attached hydrogens (tertiary/aromatic N) is 1. The van der Waals surface area contributed by atoms with Crippen molar-refractivity contribution in [3.63, 3.8) is 0 Å². The zero-order valence-corrected chi connectivity index (χ0v) is 13.3. The van der Waals surface area contributed by atoms with Gasteiger partial charge in [-0.1, -0.05) is 0 Å². The number of hydrogen-bond donors (Lipinski definition) is 1. The van der Waals surface area contributed by atoms with Gasteiger partial charge in [0.1, 0.15) is 0 Å². The number of halogens is 1. The molecule has 2 heterocycles. The minimum absolute atomic E-state index is 0. The fraction of sp³-hybridized carbons (Fsp3) is 1.00. The van der Waals surface area contributed by atoms with Crippen molar-refractivity contribution in [1.82, 2.24) is 9.62 Å². The molecule has 3 atom stereocenters. The average Bonchev–Trinajstić information content (AvgIpc) is 2.28. The summed E-state index contributed by atoms with van der Waals surface area (Å²) in [5.41, 5.74) is 0. The molecule has 0 saturated carbocycles. The summed E-state index contributed by atoms with van der Waals surface area (Å²) >= 11 is 0. The van der Waals surface area contributed by atoms with Crippen LogP contribution in [0.3, 0.4) is 0 Å². The molecule has 2 rings (SSSR count). The van der Waals surface area contributed by atoms with Crippen LogP contribution < -0.4 is 5.32 Å². The van der Waals surface area contributed by atoms with E-state index < -0.39 is 10.0 Å². The van der Waals surface area contributed by atoms with Gasteiger partial charge in [0, 0.05) is 31.8 Å². The molecule has 2 saturated heterocycles. The second kappa shape index (κ2) is 7.22. The maximum Gasteiger partial charge on any atom is 0.216 e. The van der Waals surface area contributed by atoms with Gasteiger partial charge < -0.3 is 10.1 Å². The lowest BCUT2D eigenvalue weighted by atomic mass is 10.1. The van der Waals surface area contributed by atoms with E-state index in [1.165, 1.54) is 0 Å². The highest BCUT2D eigenvalue weighted by Gasteiger charge is 2.32. The first-order chi connectivity index (χ1) is 8.47. The SMILES string of the molecule is CC1CN(S(=O)(=O)CC2CCCCO2)CC(C)N1.Cl. The molecule has 0 aromatic carbocycles. The average molecular weight is 313 g/mol. The first-order valence-corrected chi connectivity index (χ1v) is 8.44. The Labute approximate surface area is 122 Å². The Kier molecular flexibility index (Phi) is 6.53.